The first kappa shape index (κ1) is 15.9. The molecule has 0 bridgehead atoms. The summed E-state index contributed by atoms with van der Waals surface area (Å²) >= 11 is 4.91. The van der Waals surface area contributed by atoms with Gasteiger partial charge in [0.05, 0.1) is 0 Å². The molecule has 0 saturated heterocycles. The van der Waals surface area contributed by atoms with Gasteiger partial charge >= 0.3 is 0 Å². The van der Waals surface area contributed by atoms with Gasteiger partial charge < -0.3 is 11.1 Å². The zero-order chi connectivity index (χ0) is 14.3. The van der Waals surface area contributed by atoms with Gasteiger partial charge in [-0.05, 0) is 24.0 Å². The van der Waals surface area contributed by atoms with E-state index in [0.717, 1.165) is 17.9 Å². The van der Waals surface area contributed by atoms with Gasteiger partial charge in [-0.3, -0.25) is 0 Å². The molecule has 0 saturated carbocycles. The zero-order valence-corrected chi connectivity index (χ0v) is 13.0. The molecule has 0 aliphatic rings. The lowest BCUT2D eigenvalue weighted by molar-refractivity contribution is 0.342. The highest BCUT2D eigenvalue weighted by Gasteiger charge is 2.17. The van der Waals surface area contributed by atoms with Gasteiger partial charge in [0.25, 0.3) is 0 Å². The van der Waals surface area contributed by atoms with Crippen molar-refractivity contribution >= 4 is 23.0 Å². The minimum Gasteiger partial charge on any atom is -0.389 e. The molecule has 0 aliphatic carbocycles. The van der Waals surface area contributed by atoms with Crippen molar-refractivity contribution in [1.29, 1.82) is 0 Å². The van der Waals surface area contributed by atoms with E-state index in [1.807, 2.05) is 12.1 Å². The summed E-state index contributed by atoms with van der Waals surface area (Å²) < 4.78 is 0. The second kappa shape index (κ2) is 7.43. The number of hydrogen-bond donors (Lipinski definition) is 2. The lowest BCUT2D eigenvalue weighted by atomic mass is 9.87. The molecular weight excluding hydrogens is 254 g/mol. The molecule has 0 unspecified atom stereocenters. The molecule has 1 heterocycles. The van der Waals surface area contributed by atoms with Crippen molar-refractivity contribution in [2.24, 2.45) is 11.1 Å². The van der Waals surface area contributed by atoms with Gasteiger partial charge in [-0.1, -0.05) is 52.3 Å². The molecule has 1 rings (SSSR count). The minimum atomic E-state index is 0.290. The third-order valence-electron chi connectivity index (χ3n) is 3.25. The van der Waals surface area contributed by atoms with E-state index in [4.69, 9.17) is 18.0 Å². The van der Waals surface area contributed by atoms with Crippen molar-refractivity contribution in [1.82, 2.24) is 4.98 Å². The molecule has 1 aromatic rings. The summed E-state index contributed by atoms with van der Waals surface area (Å²) in [6.07, 6.45) is 6.82. The Morgan fingerprint density at radius 1 is 1.37 bits per heavy atom. The van der Waals surface area contributed by atoms with E-state index in [0.29, 0.717) is 10.4 Å². The molecule has 0 spiro atoms. The van der Waals surface area contributed by atoms with Gasteiger partial charge in [0, 0.05) is 18.3 Å². The molecular formula is C15H25N3S. The Balaban J connectivity index is 2.44. The van der Waals surface area contributed by atoms with Crippen molar-refractivity contribution in [3.8, 4) is 0 Å². The average molecular weight is 279 g/mol. The standard InChI is InChI=1S/C15H25N3S/c1-4-5-6-9-15(2,3)11-18-13-8-7-12(10-17-13)14(16)19/h7-8,10H,4-6,9,11H2,1-3H3,(H2,16,19)(H,17,18). The molecule has 0 aliphatic heterocycles. The molecule has 3 N–H and O–H groups in total. The van der Waals surface area contributed by atoms with Gasteiger partial charge in [-0.15, -0.1) is 0 Å². The molecule has 0 amide bonds. The molecule has 4 heteroatoms. The molecule has 106 valence electrons. The first-order valence-electron chi connectivity index (χ1n) is 6.94. The maximum atomic E-state index is 5.55. The van der Waals surface area contributed by atoms with Crippen LogP contribution in [0, 0.1) is 5.41 Å². The normalized spacial score (nSPS) is 11.3. The van der Waals surface area contributed by atoms with Gasteiger partial charge in [0.2, 0.25) is 0 Å². The van der Waals surface area contributed by atoms with E-state index < -0.39 is 0 Å². The van der Waals surface area contributed by atoms with Crippen molar-refractivity contribution in [2.75, 3.05) is 11.9 Å². The minimum absolute atomic E-state index is 0.290. The Morgan fingerprint density at radius 3 is 2.63 bits per heavy atom. The molecule has 0 fully saturated rings. The van der Waals surface area contributed by atoms with Crippen LogP contribution >= 0.6 is 12.2 Å². The van der Waals surface area contributed by atoms with Crippen LogP contribution in [0.4, 0.5) is 5.82 Å². The number of rotatable bonds is 8. The van der Waals surface area contributed by atoms with Crippen LogP contribution in [-0.2, 0) is 0 Å². The van der Waals surface area contributed by atoms with Crippen LogP contribution in [0.5, 0.6) is 0 Å². The number of pyridine rings is 1. The maximum absolute atomic E-state index is 5.55. The quantitative estimate of drug-likeness (QED) is 0.562. The van der Waals surface area contributed by atoms with Crippen LogP contribution in [-0.4, -0.2) is 16.5 Å². The third kappa shape index (κ3) is 6.01. The number of thiocarbonyl (C=S) groups is 1. The van der Waals surface area contributed by atoms with Gasteiger partial charge in [-0.2, -0.15) is 0 Å². The van der Waals surface area contributed by atoms with Crippen LogP contribution < -0.4 is 11.1 Å². The highest BCUT2D eigenvalue weighted by Crippen LogP contribution is 2.24. The highest BCUT2D eigenvalue weighted by molar-refractivity contribution is 7.80. The largest absolute Gasteiger partial charge is 0.389 e. The van der Waals surface area contributed by atoms with Crippen molar-refractivity contribution in [3.05, 3.63) is 23.9 Å². The Morgan fingerprint density at radius 2 is 2.11 bits per heavy atom. The van der Waals surface area contributed by atoms with Crippen molar-refractivity contribution in [2.45, 2.75) is 46.5 Å². The molecule has 1 aromatic heterocycles. The smallest absolute Gasteiger partial charge is 0.125 e. The molecule has 0 aromatic carbocycles. The van der Waals surface area contributed by atoms with Crippen LogP contribution in [0.3, 0.4) is 0 Å². The third-order valence-corrected chi connectivity index (χ3v) is 3.49. The van der Waals surface area contributed by atoms with E-state index in [1.54, 1.807) is 6.20 Å². The number of nitrogens with one attached hydrogen (secondary N) is 1. The van der Waals surface area contributed by atoms with Gasteiger partial charge in [0.15, 0.2) is 0 Å². The first-order valence-corrected chi connectivity index (χ1v) is 7.35. The highest BCUT2D eigenvalue weighted by atomic mass is 32.1. The molecule has 0 atom stereocenters. The van der Waals surface area contributed by atoms with Crippen molar-refractivity contribution < 1.29 is 0 Å². The van der Waals surface area contributed by atoms with Gasteiger partial charge in [0.1, 0.15) is 10.8 Å². The monoisotopic (exact) mass is 279 g/mol. The zero-order valence-electron chi connectivity index (χ0n) is 12.2. The fourth-order valence-electron chi connectivity index (χ4n) is 1.92. The number of nitrogens with zero attached hydrogens (tertiary/aromatic N) is 1. The predicted molar refractivity (Wildman–Crippen MR) is 86.5 cm³/mol. The second-order valence-electron chi connectivity index (χ2n) is 5.77. The summed E-state index contributed by atoms with van der Waals surface area (Å²) in [5.74, 6) is 0.878. The summed E-state index contributed by atoms with van der Waals surface area (Å²) in [5, 5.41) is 3.38. The Hall–Kier alpha value is -1.16. The lowest BCUT2D eigenvalue weighted by Gasteiger charge is -2.25. The van der Waals surface area contributed by atoms with E-state index in [1.165, 1.54) is 25.7 Å². The Bertz CT molecular complexity index is 398. The molecule has 3 nitrogen and oxygen atoms in total. The van der Waals surface area contributed by atoms with E-state index >= 15 is 0 Å². The number of anilines is 1. The average Bonchev–Trinajstić information content (AvgIpc) is 2.37. The van der Waals surface area contributed by atoms with Crippen LogP contribution in [0.25, 0.3) is 0 Å². The summed E-state index contributed by atoms with van der Waals surface area (Å²) in [7, 11) is 0. The van der Waals surface area contributed by atoms with Crippen LogP contribution in [0.15, 0.2) is 18.3 Å². The fraction of sp³-hybridized carbons (Fsp3) is 0.600. The SMILES string of the molecule is CCCCCC(C)(C)CNc1ccc(C(N)=S)cn1. The molecule has 19 heavy (non-hydrogen) atoms. The second-order valence-corrected chi connectivity index (χ2v) is 6.21. The van der Waals surface area contributed by atoms with Crippen molar-refractivity contribution in [3.63, 3.8) is 0 Å². The number of nitrogens with two attached hydrogens (primary N) is 1. The summed E-state index contributed by atoms with van der Waals surface area (Å²) in [6, 6.07) is 3.83. The number of aromatic nitrogens is 1. The van der Waals surface area contributed by atoms with Crippen LogP contribution in [0.1, 0.15) is 52.0 Å². The number of unbranched alkanes of at least 4 members (excludes halogenated alkanes) is 2. The Labute approximate surface area is 122 Å². The van der Waals surface area contributed by atoms with E-state index in [-0.39, 0.29) is 0 Å². The van der Waals surface area contributed by atoms with Gasteiger partial charge in [-0.25, -0.2) is 4.98 Å². The molecule has 0 radical (unpaired) electrons. The van der Waals surface area contributed by atoms with Crippen LogP contribution in [0.2, 0.25) is 0 Å². The lowest BCUT2D eigenvalue weighted by Crippen LogP contribution is -2.23. The maximum Gasteiger partial charge on any atom is 0.125 e. The fourth-order valence-corrected chi connectivity index (χ4v) is 2.04. The summed E-state index contributed by atoms with van der Waals surface area (Å²) in [6.45, 7) is 7.74. The number of hydrogen-bond acceptors (Lipinski definition) is 3. The van der Waals surface area contributed by atoms with E-state index in [2.05, 4.69) is 31.1 Å². The topological polar surface area (TPSA) is 50.9 Å². The predicted octanol–water partition coefficient (Wildman–Crippen LogP) is 3.73. The first-order chi connectivity index (χ1) is 8.94. The van der Waals surface area contributed by atoms with E-state index in [9.17, 15) is 0 Å². The summed E-state index contributed by atoms with van der Waals surface area (Å²) in [4.78, 5) is 4.71. The Kier molecular flexibility index (Phi) is 6.22. The summed E-state index contributed by atoms with van der Waals surface area (Å²) in [5.41, 5.74) is 6.64.